The zero-order valence-corrected chi connectivity index (χ0v) is 14.8. The van der Waals surface area contributed by atoms with Crippen molar-refractivity contribution >= 4 is 55.7 Å². The fraction of sp³-hybridized carbons (Fsp3) is 0.333. The van der Waals surface area contributed by atoms with Gasteiger partial charge in [-0.2, -0.15) is 0 Å². The predicted octanol–water partition coefficient (Wildman–Crippen LogP) is 4.74. The number of fused-ring (bicyclic) bond motifs is 1. The molecule has 1 unspecified atom stereocenters. The molecule has 21 heavy (non-hydrogen) atoms. The van der Waals surface area contributed by atoms with Gasteiger partial charge in [0.05, 0.1) is 9.48 Å². The molecule has 0 radical (unpaired) electrons. The minimum absolute atomic E-state index is 0.126. The molecule has 3 rings (SSSR count). The van der Waals surface area contributed by atoms with E-state index in [9.17, 15) is 4.79 Å². The molecule has 1 aliphatic carbocycles. The molecule has 0 spiro atoms. The Morgan fingerprint density at radius 1 is 1.48 bits per heavy atom. The molecule has 2 aromatic heterocycles. The van der Waals surface area contributed by atoms with E-state index < -0.39 is 0 Å². The zero-order valence-electron chi connectivity index (χ0n) is 11.6. The third-order valence-electron chi connectivity index (χ3n) is 3.41. The van der Waals surface area contributed by atoms with Gasteiger partial charge in [0.2, 0.25) is 5.91 Å². The van der Waals surface area contributed by atoms with Gasteiger partial charge in [-0.1, -0.05) is 6.92 Å². The van der Waals surface area contributed by atoms with Gasteiger partial charge in [0, 0.05) is 15.8 Å². The van der Waals surface area contributed by atoms with Crippen LogP contribution in [0, 0.1) is 5.92 Å². The second-order valence-corrected chi connectivity index (χ2v) is 8.78. The number of thiophene rings is 1. The Bertz CT molecular complexity index is 690. The number of amides is 1. The standard InChI is InChI=1S/C15H15BrN2OS2/c1-9-2-5-11-12(8-9)21-15(17-11)18-14(19)7-4-10-3-6-13(16)20-10/h3-4,6-7,9H,2,5,8H2,1H3,(H,17,18,19)/b7-4+. The smallest absolute Gasteiger partial charge is 0.250 e. The molecule has 110 valence electrons. The van der Waals surface area contributed by atoms with Gasteiger partial charge in [0.1, 0.15) is 0 Å². The summed E-state index contributed by atoms with van der Waals surface area (Å²) in [5.41, 5.74) is 1.17. The van der Waals surface area contributed by atoms with Crippen LogP contribution in [0.1, 0.15) is 28.8 Å². The lowest BCUT2D eigenvalue weighted by Crippen LogP contribution is -2.09. The van der Waals surface area contributed by atoms with Crippen LogP contribution in [0.25, 0.3) is 6.08 Å². The highest BCUT2D eigenvalue weighted by atomic mass is 79.9. The number of halogens is 1. The van der Waals surface area contributed by atoms with E-state index >= 15 is 0 Å². The van der Waals surface area contributed by atoms with Gasteiger partial charge in [-0.3, -0.25) is 10.1 Å². The average Bonchev–Trinajstić information content (AvgIpc) is 3.01. The fourth-order valence-corrected chi connectivity index (χ4v) is 4.82. The second kappa shape index (κ2) is 6.42. The van der Waals surface area contributed by atoms with Gasteiger partial charge in [0.25, 0.3) is 0 Å². The van der Waals surface area contributed by atoms with E-state index in [-0.39, 0.29) is 5.91 Å². The first-order chi connectivity index (χ1) is 10.1. The molecule has 1 atom stereocenters. The van der Waals surface area contributed by atoms with E-state index in [2.05, 4.69) is 33.2 Å². The summed E-state index contributed by atoms with van der Waals surface area (Å²) < 4.78 is 1.06. The molecule has 1 N–H and O–H groups in total. The molecule has 0 fully saturated rings. The number of hydrogen-bond donors (Lipinski definition) is 1. The van der Waals surface area contributed by atoms with E-state index in [1.165, 1.54) is 17.0 Å². The zero-order chi connectivity index (χ0) is 14.8. The molecule has 1 aliphatic rings. The molecule has 0 aromatic carbocycles. The van der Waals surface area contributed by atoms with Gasteiger partial charge in [-0.05, 0) is 59.3 Å². The largest absolute Gasteiger partial charge is 0.298 e. The minimum Gasteiger partial charge on any atom is -0.298 e. The lowest BCUT2D eigenvalue weighted by molar-refractivity contribution is -0.111. The predicted molar refractivity (Wildman–Crippen MR) is 93.0 cm³/mol. The summed E-state index contributed by atoms with van der Waals surface area (Å²) in [6.45, 7) is 2.27. The van der Waals surface area contributed by atoms with Crippen molar-refractivity contribution in [3.63, 3.8) is 0 Å². The molecular formula is C15H15BrN2OS2. The summed E-state index contributed by atoms with van der Waals surface area (Å²) in [7, 11) is 0. The van der Waals surface area contributed by atoms with Crippen molar-refractivity contribution in [2.45, 2.75) is 26.2 Å². The number of nitrogens with one attached hydrogen (secondary N) is 1. The quantitative estimate of drug-likeness (QED) is 0.778. The molecule has 1 amide bonds. The molecule has 2 heterocycles. The van der Waals surface area contributed by atoms with Crippen LogP contribution in [0.3, 0.4) is 0 Å². The number of nitrogens with zero attached hydrogens (tertiary/aromatic N) is 1. The first kappa shape index (κ1) is 14.9. The number of carbonyl (C=O) groups is 1. The topological polar surface area (TPSA) is 42.0 Å². The summed E-state index contributed by atoms with van der Waals surface area (Å²) in [4.78, 5) is 18.8. The molecular weight excluding hydrogens is 368 g/mol. The van der Waals surface area contributed by atoms with E-state index in [4.69, 9.17) is 0 Å². The van der Waals surface area contributed by atoms with Gasteiger partial charge < -0.3 is 0 Å². The highest BCUT2D eigenvalue weighted by Gasteiger charge is 2.20. The van der Waals surface area contributed by atoms with Crippen LogP contribution < -0.4 is 5.32 Å². The minimum atomic E-state index is -0.126. The first-order valence-corrected chi connectivity index (χ1v) is 9.26. The number of hydrogen-bond acceptors (Lipinski definition) is 4. The third kappa shape index (κ3) is 3.81. The maximum absolute atomic E-state index is 11.9. The van der Waals surface area contributed by atoms with Crippen LogP contribution in [-0.2, 0) is 17.6 Å². The lowest BCUT2D eigenvalue weighted by atomic mass is 9.93. The first-order valence-electron chi connectivity index (χ1n) is 6.83. The number of carbonyl (C=O) groups excluding carboxylic acids is 1. The summed E-state index contributed by atoms with van der Waals surface area (Å²) >= 11 is 6.61. The normalized spacial score (nSPS) is 17.9. The number of thiazole rings is 1. The Labute approximate surface area is 140 Å². The van der Waals surface area contributed by atoms with E-state index in [1.54, 1.807) is 28.7 Å². The fourth-order valence-electron chi connectivity index (χ4n) is 2.32. The lowest BCUT2D eigenvalue weighted by Gasteiger charge is -2.15. The summed E-state index contributed by atoms with van der Waals surface area (Å²) in [6.07, 6.45) is 6.68. The van der Waals surface area contributed by atoms with Crippen LogP contribution in [0.2, 0.25) is 0 Å². The van der Waals surface area contributed by atoms with Crippen LogP contribution in [0.4, 0.5) is 5.13 Å². The number of aryl methyl sites for hydroxylation is 1. The Kier molecular flexibility index (Phi) is 4.57. The van der Waals surface area contributed by atoms with Crippen LogP contribution >= 0.6 is 38.6 Å². The molecule has 0 saturated heterocycles. The SMILES string of the molecule is CC1CCc2nc(NC(=O)/C=C/c3ccc(Br)s3)sc2C1. The Balaban J connectivity index is 1.64. The van der Waals surface area contributed by atoms with Crippen molar-refractivity contribution in [1.29, 1.82) is 0 Å². The molecule has 3 nitrogen and oxygen atoms in total. The van der Waals surface area contributed by atoms with Crippen molar-refractivity contribution in [3.8, 4) is 0 Å². The van der Waals surface area contributed by atoms with Crippen molar-refractivity contribution in [2.24, 2.45) is 5.92 Å². The third-order valence-corrected chi connectivity index (χ3v) is 6.03. The average molecular weight is 383 g/mol. The van der Waals surface area contributed by atoms with E-state index in [0.717, 1.165) is 32.6 Å². The van der Waals surface area contributed by atoms with Crippen LogP contribution in [0.15, 0.2) is 22.0 Å². The van der Waals surface area contributed by atoms with Gasteiger partial charge in [-0.15, -0.1) is 22.7 Å². The molecule has 0 aliphatic heterocycles. The number of rotatable bonds is 3. The maximum Gasteiger partial charge on any atom is 0.250 e. The van der Waals surface area contributed by atoms with Crippen LogP contribution in [-0.4, -0.2) is 10.9 Å². The maximum atomic E-state index is 11.9. The number of aromatic nitrogens is 1. The highest BCUT2D eigenvalue weighted by Crippen LogP contribution is 2.32. The summed E-state index contributed by atoms with van der Waals surface area (Å²) in [6, 6.07) is 3.94. The Morgan fingerprint density at radius 2 is 2.33 bits per heavy atom. The van der Waals surface area contributed by atoms with E-state index in [0.29, 0.717) is 0 Å². The Morgan fingerprint density at radius 3 is 3.10 bits per heavy atom. The number of anilines is 1. The second-order valence-electron chi connectivity index (χ2n) is 5.20. The van der Waals surface area contributed by atoms with Gasteiger partial charge in [-0.25, -0.2) is 4.98 Å². The van der Waals surface area contributed by atoms with Gasteiger partial charge in [0.15, 0.2) is 5.13 Å². The van der Waals surface area contributed by atoms with Crippen molar-refractivity contribution in [2.75, 3.05) is 5.32 Å². The van der Waals surface area contributed by atoms with Crippen molar-refractivity contribution < 1.29 is 4.79 Å². The molecule has 6 heteroatoms. The summed E-state index contributed by atoms with van der Waals surface area (Å²) in [5, 5.41) is 3.58. The monoisotopic (exact) mass is 382 g/mol. The van der Waals surface area contributed by atoms with E-state index in [1.807, 2.05) is 18.2 Å². The van der Waals surface area contributed by atoms with Crippen molar-refractivity contribution in [1.82, 2.24) is 4.98 Å². The summed E-state index contributed by atoms with van der Waals surface area (Å²) in [5.74, 6) is 0.595. The van der Waals surface area contributed by atoms with Crippen molar-refractivity contribution in [3.05, 3.63) is 37.4 Å². The van der Waals surface area contributed by atoms with Gasteiger partial charge >= 0.3 is 0 Å². The molecule has 0 saturated carbocycles. The highest BCUT2D eigenvalue weighted by molar-refractivity contribution is 9.11. The molecule has 0 bridgehead atoms. The molecule has 2 aromatic rings. The Hall–Kier alpha value is -0.980. The van der Waals surface area contributed by atoms with Crippen LogP contribution in [0.5, 0.6) is 0 Å².